The van der Waals surface area contributed by atoms with Crippen LogP contribution < -0.4 is 14.5 Å². The van der Waals surface area contributed by atoms with Gasteiger partial charge in [0.05, 0.1) is 30.3 Å². The molecule has 4 aromatic rings. The van der Waals surface area contributed by atoms with E-state index in [1.807, 2.05) is 18.2 Å². The normalized spacial score (nSPS) is 12.1. The van der Waals surface area contributed by atoms with E-state index in [9.17, 15) is 18.0 Å². The summed E-state index contributed by atoms with van der Waals surface area (Å²) in [6.45, 7) is 3.50. The van der Waals surface area contributed by atoms with Crippen LogP contribution in [0.4, 0.5) is 5.69 Å². The summed E-state index contributed by atoms with van der Waals surface area (Å²) in [5, 5.41) is 3.93. The summed E-state index contributed by atoms with van der Waals surface area (Å²) in [6.07, 6.45) is 2.33. The van der Waals surface area contributed by atoms with Crippen molar-refractivity contribution in [2.45, 2.75) is 19.9 Å². The number of benzene rings is 3. The molecule has 212 valence electrons. The summed E-state index contributed by atoms with van der Waals surface area (Å²) in [4.78, 5) is 24.7. The summed E-state index contributed by atoms with van der Waals surface area (Å²) >= 11 is 0. The van der Waals surface area contributed by atoms with E-state index in [2.05, 4.69) is 10.5 Å². The highest BCUT2D eigenvalue weighted by Crippen LogP contribution is 2.27. The first-order valence-electron chi connectivity index (χ1n) is 12.7. The summed E-state index contributed by atoms with van der Waals surface area (Å²) in [7, 11) is -3.82. The molecule has 1 aromatic heterocycles. The monoisotopic (exact) mass is 575 g/mol. The third-order valence-electron chi connectivity index (χ3n) is 5.83. The maximum Gasteiger partial charge on any atom is 0.338 e. The highest BCUT2D eigenvalue weighted by atomic mass is 32.2. The van der Waals surface area contributed by atoms with Gasteiger partial charge in [-0.1, -0.05) is 30.3 Å². The zero-order chi connectivity index (χ0) is 29.4. The molecule has 0 saturated heterocycles. The Morgan fingerprint density at radius 3 is 2.24 bits per heavy atom. The predicted molar refractivity (Wildman–Crippen MR) is 156 cm³/mol. The molecule has 3 aromatic carbocycles. The van der Waals surface area contributed by atoms with E-state index in [0.29, 0.717) is 40.9 Å². The van der Waals surface area contributed by atoms with Crippen LogP contribution in [-0.4, -0.2) is 45.4 Å². The van der Waals surface area contributed by atoms with Crippen LogP contribution in [0.25, 0.3) is 11.3 Å². The number of furan rings is 1. The number of rotatable bonds is 11. The second-order valence-electron chi connectivity index (χ2n) is 8.88. The number of esters is 1. The third kappa shape index (κ3) is 7.61. The van der Waals surface area contributed by atoms with Gasteiger partial charge in [-0.15, -0.1) is 0 Å². The lowest BCUT2D eigenvalue weighted by atomic mass is 10.1. The largest absolute Gasteiger partial charge is 0.462 e. The highest BCUT2D eigenvalue weighted by Gasteiger charge is 2.29. The fourth-order valence-electron chi connectivity index (χ4n) is 3.91. The number of para-hydroxylation sites is 1. The quantitative estimate of drug-likeness (QED) is 0.148. The van der Waals surface area contributed by atoms with Gasteiger partial charge in [-0.2, -0.15) is 5.10 Å². The lowest BCUT2D eigenvalue weighted by Gasteiger charge is -2.27. The second-order valence-corrected chi connectivity index (χ2v) is 10.7. The van der Waals surface area contributed by atoms with Crippen LogP contribution in [0.15, 0.2) is 101 Å². The standard InChI is InChI=1S/C30H29N3O7S/c1-4-38-30(35)23-12-10-22(11-13-23)28-19-18-27(40-28)20-31-32-29(34)21(2)33(41(3,36)37)24-14-16-26(17-15-24)39-25-8-6-5-7-9-25/h5-21H,4H2,1-3H3,(H,32,34)/b31-20-/t21-/m1/s1. The van der Waals surface area contributed by atoms with Crippen LogP contribution in [0, 0.1) is 0 Å². The lowest BCUT2D eigenvalue weighted by Crippen LogP contribution is -2.46. The number of amides is 1. The average Bonchev–Trinajstić information content (AvgIpc) is 3.43. The van der Waals surface area contributed by atoms with Gasteiger partial charge in [-0.25, -0.2) is 18.6 Å². The summed E-state index contributed by atoms with van der Waals surface area (Å²) < 4.78 is 42.7. The van der Waals surface area contributed by atoms with E-state index in [4.69, 9.17) is 13.9 Å². The molecular weight excluding hydrogens is 546 g/mol. The third-order valence-corrected chi connectivity index (χ3v) is 7.07. The lowest BCUT2D eigenvalue weighted by molar-refractivity contribution is -0.121. The number of hydrogen-bond acceptors (Lipinski definition) is 8. The van der Waals surface area contributed by atoms with E-state index in [-0.39, 0.29) is 0 Å². The van der Waals surface area contributed by atoms with Crippen LogP contribution >= 0.6 is 0 Å². The van der Waals surface area contributed by atoms with Gasteiger partial charge in [0.2, 0.25) is 10.0 Å². The van der Waals surface area contributed by atoms with Crippen LogP contribution in [0.2, 0.25) is 0 Å². The van der Waals surface area contributed by atoms with Crippen LogP contribution in [-0.2, 0) is 19.6 Å². The molecule has 4 rings (SSSR count). The first kappa shape index (κ1) is 29.1. The zero-order valence-corrected chi connectivity index (χ0v) is 23.5. The molecule has 0 radical (unpaired) electrons. The molecule has 0 unspecified atom stereocenters. The van der Waals surface area contributed by atoms with Crippen LogP contribution in [0.1, 0.15) is 30.0 Å². The smallest absolute Gasteiger partial charge is 0.338 e. The Morgan fingerprint density at radius 2 is 1.61 bits per heavy atom. The summed E-state index contributed by atoms with van der Waals surface area (Å²) in [6, 6.07) is 24.6. The van der Waals surface area contributed by atoms with E-state index in [0.717, 1.165) is 16.1 Å². The van der Waals surface area contributed by atoms with Crippen molar-refractivity contribution in [1.29, 1.82) is 0 Å². The number of carbonyl (C=O) groups excluding carboxylic acids is 2. The molecule has 0 fully saturated rings. The summed E-state index contributed by atoms with van der Waals surface area (Å²) in [5.74, 6) is 1.00. The van der Waals surface area contributed by atoms with Crippen molar-refractivity contribution in [2.24, 2.45) is 5.10 Å². The van der Waals surface area contributed by atoms with Crippen molar-refractivity contribution in [1.82, 2.24) is 5.43 Å². The molecule has 11 heteroatoms. The average molecular weight is 576 g/mol. The molecule has 0 saturated carbocycles. The molecule has 1 heterocycles. The van der Waals surface area contributed by atoms with Crippen LogP contribution in [0.3, 0.4) is 0 Å². The van der Waals surface area contributed by atoms with Crippen molar-refractivity contribution in [3.05, 3.63) is 102 Å². The number of carbonyl (C=O) groups is 2. The number of hydrogen-bond donors (Lipinski definition) is 1. The minimum atomic E-state index is -3.82. The minimum Gasteiger partial charge on any atom is -0.462 e. The van der Waals surface area contributed by atoms with Crippen molar-refractivity contribution in [3.8, 4) is 22.8 Å². The molecule has 10 nitrogen and oxygen atoms in total. The molecular formula is C30H29N3O7S. The van der Waals surface area contributed by atoms with Gasteiger partial charge >= 0.3 is 5.97 Å². The molecule has 0 spiro atoms. The number of ether oxygens (including phenoxy) is 2. The Labute approximate surface area is 238 Å². The fourth-order valence-corrected chi connectivity index (χ4v) is 5.08. The molecule has 1 amide bonds. The Hall–Kier alpha value is -4.90. The van der Waals surface area contributed by atoms with Crippen molar-refractivity contribution < 1.29 is 31.9 Å². The first-order valence-corrected chi connectivity index (χ1v) is 14.5. The topological polar surface area (TPSA) is 128 Å². The van der Waals surface area contributed by atoms with E-state index in [1.165, 1.54) is 13.1 Å². The molecule has 1 N–H and O–H groups in total. The maximum absolute atomic E-state index is 12.8. The van der Waals surface area contributed by atoms with Gasteiger partial charge < -0.3 is 13.9 Å². The molecule has 0 aliphatic carbocycles. The van der Waals surface area contributed by atoms with Crippen molar-refractivity contribution >= 4 is 33.8 Å². The number of nitrogens with zero attached hydrogens (tertiary/aromatic N) is 2. The summed E-state index contributed by atoms with van der Waals surface area (Å²) in [5.41, 5.74) is 3.83. The molecule has 0 bridgehead atoms. The molecule has 0 aliphatic heterocycles. The van der Waals surface area contributed by atoms with Crippen LogP contribution in [0.5, 0.6) is 11.5 Å². The van der Waals surface area contributed by atoms with Gasteiger partial charge in [-0.05, 0) is 74.5 Å². The van der Waals surface area contributed by atoms with Gasteiger partial charge in [0.25, 0.3) is 5.91 Å². The SMILES string of the molecule is CCOC(=O)c1ccc(-c2ccc(/C=N\NC(=O)[C@@H](C)N(c3ccc(Oc4ccccc4)cc3)S(C)(=O)=O)o2)cc1. The van der Waals surface area contributed by atoms with E-state index in [1.54, 1.807) is 79.7 Å². The Bertz CT molecular complexity index is 1610. The zero-order valence-electron chi connectivity index (χ0n) is 22.7. The van der Waals surface area contributed by atoms with Gasteiger partial charge in [0, 0.05) is 5.56 Å². The Balaban J connectivity index is 1.39. The Morgan fingerprint density at radius 1 is 0.951 bits per heavy atom. The highest BCUT2D eigenvalue weighted by molar-refractivity contribution is 7.92. The number of nitrogens with one attached hydrogen (secondary N) is 1. The predicted octanol–water partition coefficient (Wildman–Crippen LogP) is 5.22. The fraction of sp³-hybridized carbons (Fsp3) is 0.167. The first-order chi connectivity index (χ1) is 19.7. The van der Waals surface area contributed by atoms with E-state index < -0.39 is 27.9 Å². The van der Waals surface area contributed by atoms with Crippen molar-refractivity contribution in [3.63, 3.8) is 0 Å². The van der Waals surface area contributed by atoms with Gasteiger partial charge in [-0.3, -0.25) is 9.10 Å². The van der Waals surface area contributed by atoms with Gasteiger partial charge in [0.1, 0.15) is 29.1 Å². The number of hydrazone groups is 1. The van der Waals surface area contributed by atoms with Crippen molar-refractivity contribution in [2.75, 3.05) is 17.2 Å². The molecule has 0 aliphatic rings. The van der Waals surface area contributed by atoms with Gasteiger partial charge in [0.15, 0.2) is 0 Å². The Kier molecular flexibility index (Phi) is 9.20. The number of sulfonamides is 1. The molecule has 1 atom stereocenters. The molecule has 41 heavy (non-hydrogen) atoms. The number of anilines is 1. The van der Waals surface area contributed by atoms with E-state index >= 15 is 0 Å². The maximum atomic E-state index is 12.8. The second kappa shape index (κ2) is 13.0. The minimum absolute atomic E-state index is 0.292.